The maximum absolute atomic E-state index is 13.4. The van der Waals surface area contributed by atoms with E-state index in [1.807, 2.05) is 6.07 Å². The van der Waals surface area contributed by atoms with Gasteiger partial charge in [-0.05, 0) is 25.3 Å². The van der Waals surface area contributed by atoms with Crippen LogP contribution >= 0.6 is 0 Å². The number of pyridine rings is 1. The number of hydrogen-bond acceptors (Lipinski definition) is 4. The maximum Gasteiger partial charge on any atom is 0.251 e. The highest BCUT2D eigenvalue weighted by Crippen LogP contribution is 2.42. The Morgan fingerprint density at radius 1 is 1.18 bits per heavy atom. The zero-order valence-electron chi connectivity index (χ0n) is 16.0. The Balaban J connectivity index is 1.73. The number of primary amides is 1. The van der Waals surface area contributed by atoms with Crippen molar-refractivity contribution in [1.82, 2.24) is 14.8 Å². The first-order valence-corrected chi connectivity index (χ1v) is 9.91. The fourth-order valence-corrected chi connectivity index (χ4v) is 5.25. The maximum atomic E-state index is 13.4. The molecule has 3 N–H and O–H groups in total. The summed E-state index contributed by atoms with van der Waals surface area (Å²) in [5.74, 6) is -1.07. The summed E-state index contributed by atoms with van der Waals surface area (Å²) in [6.45, 7) is 2.50. The molecule has 150 valence electrons. The number of aromatic nitrogens is 1. The van der Waals surface area contributed by atoms with Gasteiger partial charge in [-0.2, -0.15) is 0 Å². The van der Waals surface area contributed by atoms with Gasteiger partial charge in [0.25, 0.3) is 5.56 Å². The van der Waals surface area contributed by atoms with Crippen molar-refractivity contribution in [2.24, 2.45) is 11.7 Å². The number of hydrogen-bond donors (Lipinski definition) is 2. The first-order valence-electron chi connectivity index (χ1n) is 9.91. The van der Waals surface area contributed by atoms with Crippen LogP contribution in [0.25, 0.3) is 0 Å². The van der Waals surface area contributed by atoms with Crippen LogP contribution in [-0.4, -0.2) is 45.8 Å². The molecule has 1 aliphatic carbocycles. The SMILES string of the molecule is CC(=O)N1C[C@H]2C[C@@H](C1)[C@H](C(=O)NC1(C(N)=O)CCCC1)n1c2cccc1=O. The average molecular weight is 386 g/mol. The number of piperidine rings is 1. The molecule has 0 aromatic carbocycles. The quantitative estimate of drug-likeness (QED) is 0.776. The van der Waals surface area contributed by atoms with E-state index in [-0.39, 0.29) is 29.2 Å². The Morgan fingerprint density at radius 3 is 2.54 bits per heavy atom. The van der Waals surface area contributed by atoms with Gasteiger partial charge in [-0.15, -0.1) is 0 Å². The summed E-state index contributed by atoms with van der Waals surface area (Å²) in [5, 5.41) is 2.90. The van der Waals surface area contributed by atoms with Gasteiger partial charge >= 0.3 is 0 Å². The van der Waals surface area contributed by atoms with Crippen LogP contribution in [0.4, 0.5) is 0 Å². The van der Waals surface area contributed by atoms with Gasteiger partial charge in [-0.3, -0.25) is 23.7 Å². The lowest BCUT2D eigenvalue weighted by Crippen LogP contribution is -2.60. The third kappa shape index (κ3) is 2.91. The molecule has 0 spiro atoms. The topological polar surface area (TPSA) is 114 Å². The van der Waals surface area contributed by atoms with Crippen LogP contribution < -0.4 is 16.6 Å². The summed E-state index contributed by atoms with van der Waals surface area (Å²) in [4.78, 5) is 51.9. The van der Waals surface area contributed by atoms with Crippen molar-refractivity contribution < 1.29 is 14.4 Å². The fraction of sp³-hybridized carbons (Fsp3) is 0.600. The minimum Gasteiger partial charge on any atom is -0.368 e. The van der Waals surface area contributed by atoms with Crippen molar-refractivity contribution in [3.8, 4) is 0 Å². The summed E-state index contributed by atoms with van der Waals surface area (Å²) in [6.07, 6.45) is 3.42. The normalized spacial score (nSPS) is 27.8. The molecule has 2 aliphatic heterocycles. The van der Waals surface area contributed by atoms with Gasteiger partial charge in [0.1, 0.15) is 11.6 Å². The van der Waals surface area contributed by atoms with Crippen molar-refractivity contribution in [3.63, 3.8) is 0 Å². The predicted octanol–water partition coefficient (Wildman–Crippen LogP) is 0.269. The van der Waals surface area contributed by atoms with Crippen molar-refractivity contribution in [2.75, 3.05) is 13.1 Å². The van der Waals surface area contributed by atoms with E-state index in [0.717, 1.165) is 25.0 Å². The van der Waals surface area contributed by atoms with E-state index in [0.29, 0.717) is 25.9 Å². The number of likely N-dealkylation sites (tertiary alicyclic amines) is 1. The molecule has 2 fully saturated rings. The lowest BCUT2D eigenvalue weighted by molar-refractivity contribution is -0.138. The van der Waals surface area contributed by atoms with Gasteiger partial charge in [0.05, 0.1) is 0 Å². The molecule has 1 aromatic heterocycles. The lowest BCUT2D eigenvalue weighted by atomic mass is 9.77. The molecular formula is C20H26N4O4. The molecule has 28 heavy (non-hydrogen) atoms. The largest absolute Gasteiger partial charge is 0.368 e. The molecule has 1 aromatic rings. The van der Waals surface area contributed by atoms with Gasteiger partial charge in [-0.1, -0.05) is 18.9 Å². The third-order valence-corrected chi connectivity index (χ3v) is 6.65. The Morgan fingerprint density at radius 2 is 1.89 bits per heavy atom. The Hall–Kier alpha value is -2.64. The van der Waals surface area contributed by atoms with Crippen LogP contribution in [-0.2, 0) is 14.4 Å². The number of amides is 3. The number of carbonyl (C=O) groups excluding carboxylic acids is 3. The number of nitrogens with two attached hydrogens (primary N) is 1. The zero-order chi connectivity index (χ0) is 20.1. The summed E-state index contributed by atoms with van der Waals surface area (Å²) in [6, 6.07) is 4.25. The van der Waals surface area contributed by atoms with E-state index in [1.54, 1.807) is 15.5 Å². The molecule has 3 aliphatic rings. The Bertz CT molecular complexity index is 886. The number of nitrogens with one attached hydrogen (secondary N) is 1. The van der Waals surface area contributed by atoms with Crippen LogP contribution in [0.15, 0.2) is 23.0 Å². The van der Waals surface area contributed by atoms with E-state index >= 15 is 0 Å². The molecule has 0 unspecified atom stereocenters. The average Bonchev–Trinajstić information content (AvgIpc) is 3.12. The monoisotopic (exact) mass is 386 g/mol. The minimum absolute atomic E-state index is 0.0252. The number of rotatable bonds is 3. The molecule has 1 saturated heterocycles. The second-order valence-corrected chi connectivity index (χ2v) is 8.36. The second kappa shape index (κ2) is 6.76. The molecule has 8 heteroatoms. The summed E-state index contributed by atoms with van der Waals surface area (Å²) in [5.41, 5.74) is 5.12. The van der Waals surface area contributed by atoms with Crippen LogP contribution in [0.2, 0.25) is 0 Å². The van der Waals surface area contributed by atoms with Gasteiger partial charge in [-0.25, -0.2) is 0 Å². The summed E-state index contributed by atoms with van der Waals surface area (Å²) >= 11 is 0. The summed E-state index contributed by atoms with van der Waals surface area (Å²) < 4.78 is 1.56. The molecule has 1 saturated carbocycles. The highest BCUT2D eigenvalue weighted by Gasteiger charge is 2.48. The fourth-order valence-electron chi connectivity index (χ4n) is 5.25. The Labute approximate surface area is 163 Å². The third-order valence-electron chi connectivity index (χ3n) is 6.65. The first kappa shape index (κ1) is 18.7. The van der Waals surface area contributed by atoms with Crippen LogP contribution in [0, 0.1) is 5.92 Å². The number of fused-ring (bicyclic) bond motifs is 4. The molecule has 8 nitrogen and oxygen atoms in total. The molecule has 2 bridgehead atoms. The smallest absolute Gasteiger partial charge is 0.251 e. The van der Waals surface area contributed by atoms with Gasteiger partial charge < -0.3 is 16.0 Å². The standard InChI is InChI=1S/C20H26N4O4/c1-12(25)23-10-13-9-14(11-23)17(24-15(13)5-4-6-16(24)26)18(27)22-20(19(21)28)7-2-3-8-20/h4-6,13-14,17H,2-3,7-11H2,1H3,(H2,21,28)(H,22,27)/t13-,14+,17-/m1/s1. The molecule has 3 atom stereocenters. The van der Waals surface area contributed by atoms with Gasteiger partial charge in [0, 0.05) is 43.6 Å². The van der Waals surface area contributed by atoms with E-state index in [9.17, 15) is 19.2 Å². The molecular weight excluding hydrogens is 360 g/mol. The zero-order valence-corrected chi connectivity index (χ0v) is 16.0. The van der Waals surface area contributed by atoms with Crippen molar-refractivity contribution in [1.29, 1.82) is 0 Å². The number of carbonyl (C=O) groups is 3. The predicted molar refractivity (Wildman–Crippen MR) is 101 cm³/mol. The Kier molecular flexibility index (Phi) is 4.51. The van der Waals surface area contributed by atoms with E-state index in [1.165, 1.54) is 13.0 Å². The van der Waals surface area contributed by atoms with E-state index in [4.69, 9.17) is 5.73 Å². The number of nitrogens with zero attached hydrogens (tertiary/aromatic N) is 2. The van der Waals surface area contributed by atoms with Crippen molar-refractivity contribution >= 4 is 17.7 Å². The van der Waals surface area contributed by atoms with Gasteiger partial charge in [0.15, 0.2) is 0 Å². The van der Waals surface area contributed by atoms with Crippen molar-refractivity contribution in [2.45, 2.75) is 56.5 Å². The highest BCUT2D eigenvalue weighted by atomic mass is 16.2. The molecule has 4 rings (SSSR count). The van der Waals surface area contributed by atoms with Crippen LogP contribution in [0.5, 0.6) is 0 Å². The minimum atomic E-state index is -1.04. The molecule has 3 heterocycles. The van der Waals surface area contributed by atoms with Crippen LogP contribution in [0.3, 0.4) is 0 Å². The second-order valence-electron chi connectivity index (χ2n) is 8.36. The van der Waals surface area contributed by atoms with E-state index in [2.05, 4.69) is 5.32 Å². The summed E-state index contributed by atoms with van der Waals surface area (Å²) in [7, 11) is 0. The van der Waals surface area contributed by atoms with Crippen LogP contribution in [0.1, 0.15) is 56.7 Å². The highest BCUT2D eigenvalue weighted by molar-refractivity contribution is 5.92. The first-order chi connectivity index (χ1) is 13.3. The van der Waals surface area contributed by atoms with Crippen molar-refractivity contribution in [3.05, 3.63) is 34.2 Å². The molecule has 3 amide bonds. The van der Waals surface area contributed by atoms with Gasteiger partial charge in [0.2, 0.25) is 17.7 Å². The van der Waals surface area contributed by atoms with E-state index < -0.39 is 17.5 Å². The lowest BCUT2D eigenvalue weighted by Gasteiger charge is -2.46. The molecule has 0 radical (unpaired) electrons.